The standard InChI is InChI=1S/C10H24NOP/c1-9(2)13(11(6)7)12-8-10(3,4)5/h9H,8H2,1-7H3. The predicted octanol–water partition coefficient (Wildman–Crippen LogP) is 3.33. The van der Waals surface area contributed by atoms with Crippen molar-refractivity contribution >= 4 is 8.30 Å². The molecule has 0 aromatic heterocycles. The molecular weight excluding hydrogens is 181 g/mol. The summed E-state index contributed by atoms with van der Waals surface area (Å²) in [7, 11) is 3.77. The van der Waals surface area contributed by atoms with Crippen LogP contribution in [0.5, 0.6) is 0 Å². The molecule has 0 amide bonds. The van der Waals surface area contributed by atoms with Crippen molar-refractivity contribution in [1.29, 1.82) is 0 Å². The Bertz CT molecular complexity index is 132. The molecule has 0 saturated carbocycles. The quantitative estimate of drug-likeness (QED) is 0.653. The van der Waals surface area contributed by atoms with E-state index in [0.717, 1.165) is 6.61 Å². The van der Waals surface area contributed by atoms with Gasteiger partial charge in [0, 0.05) is 5.66 Å². The van der Waals surface area contributed by atoms with Crippen LogP contribution < -0.4 is 0 Å². The highest BCUT2D eigenvalue weighted by molar-refractivity contribution is 7.50. The van der Waals surface area contributed by atoms with Crippen LogP contribution in [0.1, 0.15) is 34.6 Å². The van der Waals surface area contributed by atoms with Crippen LogP contribution in [0.15, 0.2) is 0 Å². The van der Waals surface area contributed by atoms with Crippen molar-refractivity contribution in [3.63, 3.8) is 0 Å². The van der Waals surface area contributed by atoms with Crippen LogP contribution in [-0.4, -0.2) is 31.0 Å². The minimum Gasteiger partial charge on any atom is -0.343 e. The largest absolute Gasteiger partial charge is 0.343 e. The van der Waals surface area contributed by atoms with Crippen LogP contribution in [0, 0.1) is 5.41 Å². The molecule has 0 heterocycles. The monoisotopic (exact) mass is 205 g/mol. The molecule has 2 nitrogen and oxygen atoms in total. The highest BCUT2D eigenvalue weighted by atomic mass is 31.2. The zero-order valence-electron chi connectivity index (χ0n) is 10.1. The van der Waals surface area contributed by atoms with E-state index in [4.69, 9.17) is 4.52 Å². The number of rotatable bonds is 4. The molecule has 0 rings (SSSR count). The van der Waals surface area contributed by atoms with Crippen LogP contribution in [0.4, 0.5) is 0 Å². The molecule has 0 N–H and O–H groups in total. The van der Waals surface area contributed by atoms with Gasteiger partial charge in [0.15, 0.2) is 0 Å². The molecule has 0 aliphatic heterocycles. The lowest BCUT2D eigenvalue weighted by Gasteiger charge is -2.30. The van der Waals surface area contributed by atoms with Gasteiger partial charge in [-0.15, -0.1) is 0 Å². The average molecular weight is 205 g/mol. The molecule has 0 aliphatic carbocycles. The fourth-order valence-electron chi connectivity index (χ4n) is 0.986. The Morgan fingerprint density at radius 1 is 1.23 bits per heavy atom. The molecule has 80 valence electrons. The summed E-state index contributed by atoms with van der Waals surface area (Å²) in [5, 5.41) is 0. The van der Waals surface area contributed by atoms with E-state index in [-0.39, 0.29) is 5.41 Å². The highest BCUT2D eigenvalue weighted by Gasteiger charge is 2.20. The lowest BCUT2D eigenvalue weighted by molar-refractivity contribution is 0.203. The van der Waals surface area contributed by atoms with Gasteiger partial charge in [0.25, 0.3) is 0 Å². The van der Waals surface area contributed by atoms with Gasteiger partial charge in [-0.2, -0.15) is 0 Å². The SMILES string of the molecule is CC(C)P(OCC(C)(C)C)N(C)C. The Kier molecular flexibility index (Phi) is 5.43. The lowest BCUT2D eigenvalue weighted by atomic mass is 9.99. The van der Waals surface area contributed by atoms with Crippen molar-refractivity contribution in [1.82, 2.24) is 4.67 Å². The maximum Gasteiger partial charge on any atom is 0.106 e. The second-order valence-electron chi connectivity index (χ2n) is 5.08. The minimum absolute atomic E-state index is 0.269. The Hall–Kier alpha value is 0.350. The molecular formula is C10H24NOP. The van der Waals surface area contributed by atoms with Gasteiger partial charge >= 0.3 is 0 Å². The summed E-state index contributed by atoms with van der Waals surface area (Å²) < 4.78 is 8.12. The van der Waals surface area contributed by atoms with E-state index in [0.29, 0.717) is 5.66 Å². The van der Waals surface area contributed by atoms with E-state index in [9.17, 15) is 0 Å². The third kappa shape index (κ3) is 6.42. The van der Waals surface area contributed by atoms with Crippen LogP contribution in [0.2, 0.25) is 0 Å². The van der Waals surface area contributed by atoms with Crippen LogP contribution >= 0.6 is 8.30 Å². The summed E-state index contributed by atoms with van der Waals surface area (Å²) in [6.45, 7) is 11.9. The van der Waals surface area contributed by atoms with Gasteiger partial charge in [-0.3, -0.25) is 4.67 Å². The second kappa shape index (κ2) is 5.29. The highest BCUT2D eigenvalue weighted by Crippen LogP contribution is 2.45. The Morgan fingerprint density at radius 2 is 1.69 bits per heavy atom. The maximum absolute atomic E-state index is 5.92. The van der Waals surface area contributed by atoms with Crippen LogP contribution in [0.3, 0.4) is 0 Å². The first-order valence-corrected chi connectivity index (χ1v) is 6.11. The summed E-state index contributed by atoms with van der Waals surface area (Å²) in [5.74, 6) is 0. The van der Waals surface area contributed by atoms with Gasteiger partial charge in [-0.25, -0.2) is 0 Å². The van der Waals surface area contributed by atoms with E-state index in [1.54, 1.807) is 0 Å². The molecule has 0 aliphatic rings. The molecule has 0 aromatic carbocycles. The van der Waals surface area contributed by atoms with Gasteiger partial charge in [0.2, 0.25) is 0 Å². The van der Waals surface area contributed by atoms with Gasteiger partial charge in [0.05, 0.1) is 6.61 Å². The molecule has 0 spiro atoms. The summed E-state index contributed by atoms with van der Waals surface area (Å²) >= 11 is 0. The third-order valence-corrected chi connectivity index (χ3v) is 3.53. The van der Waals surface area contributed by atoms with Crippen molar-refractivity contribution in [2.75, 3.05) is 20.7 Å². The van der Waals surface area contributed by atoms with Crippen molar-refractivity contribution in [3.8, 4) is 0 Å². The van der Waals surface area contributed by atoms with E-state index < -0.39 is 8.30 Å². The number of hydrogen-bond donors (Lipinski definition) is 0. The molecule has 3 heteroatoms. The smallest absolute Gasteiger partial charge is 0.106 e. The topological polar surface area (TPSA) is 12.5 Å². The first-order valence-electron chi connectivity index (χ1n) is 4.83. The first-order chi connectivity index (χ1) is 5.74. The van der Waals surface area contributed by atoms with Gasteiger partial charge in [-0.05, 0) is 19.5 Å². The molecule has 1 unspecified atom stereocenters. The Labute approximate surface area is 84.5 Å². The molecule has 0 fully saturated rings. The summed E-state index contributed by atoms with van der Waals surface area (Å²) in [5.41, 5.74) is 0.873. The lowest BCUT2D eigenvalue weighted by Crippen LogP contribution is -2.19. The van der Waals surface area contributed by atoms with Gasteiger partial charge in [0.1, 0.15) is 8.30 Å². The normalized spacial score (nSPS) is 15.5. The van der Waals surface area contributed by atoms with Crippen molar-refractivity contribution < 1.29 is 4.52 Å². The van der Waals surface area contributed by atoms with Gasteiger partial charge in [-0.1, -0.05) is 34.6 Å². The molecule has 0 radical (unpaired) electrons. The minimum atomic E-state index is -0.410. The first kappa shape index (κ1) is 13.4. The Balaban J connectivity index is 3.98. The van der Waals surface area contributed by atoms with Crippen molar-refractivity contribution in [3.05, 3.63) is 0 Å². The molecule has 0 bridgehead atoms. The average Bonchev–Trinajstić information content (AvgIpc) is 1.82. The maximum atomic E-state index is 5.92. The molecule has 13 heavy (non-hydrogen) atoms. The summed E-state index contributed by atoms with van der Waals surface area (Å²) in [6, 6.07) is 0. The van der Waals surface area contributed by atoms with Crippen LogP contribution in [0.25, 0.3) is 0 Å². The summed E-state index contributed by atoms with van der Waals surface area (Å²) in [4.78, 5) is 0. The van der Waals surface area contributed by atoms with E-state index in [1.165, 1.54) is 0 Å². The van der Waals surface area contributed by atoms with Crippen molar-refractivity contribution in [2.24, 2.45) is 5.41 Å². The Morgan fingerprint density at radius 3 is 1.92 bits per heavy atom. The number of hydrogen-bond acceptors (Lipinski definition) is 2. The van der Waals surface area contributed by atoms with E-state index >= 15 is 0 Å². The fourth-order valence-corrected chi connectivity index (χ4v) is 2.96. The van der Waals surface area contributed by atoms with Gasteiger partial charge < -0.3 is 4.52 Å². The summed E-state index contributed by atoms with van der Waals surface area (Å²) in [6.07, 6.45) is 0. The fraction of sp³-hybridized carbons (Fsp3) is 1.00. The predicted molar refractivity (Wildman–Crippen MR) is 61.2 cm³/mol. The number of nitrogens with zero attached hydrogens (tertiary/aromatic N) is 1. The van der Waals surface area contributed by atoms with Crippen LogP contribution in [-0.2, 0) is 4.52 Å². The molecule has 0 aromatic rings. The zero-order valence-corrected chi connectivity index (χ0v) is 11.0. The van der Waals surface area contributed by atoms with Crippen molar-refractivity contribution in [2.45, 2.75) is 40.3 Å². The van der Waals surface area contributed by atoms with E-state index in [2.05, 4.69) is 53.4 Å². The molecule has 0 saturated heterocycles. The second-order valence-corrected chi connectivity index (χ2v) is 7.77. The van der Waals surface area contributed by atoms with E-state index in [1.807, 2.05) is 0 Å². The third-order valence-electron chi connectivity index (χ3n) is 1.47. The zero-order chi connectivity index (χ0) is 10.6. The molecule has 1 atom stereocenters.